The van der Waals surface area contributed by atoms with E-state index in [1.54, 1.807) is 19.2 Å². The summed E-state index contributed by atoms with van der Waals surface area (Å²) in [5, 5.41) is 2.98. The average Bonchev–Trinajstić information content (AvgIpc) is 3.04. The molecule has 0 aliphatic carbocycles. The Morgan fingerprint density at radius 2 is 2.12 bits per heavy atom. The van der Waals surface area contributed by atoms with Crippen molar-refractivity contribution in [2.24, 2.45) is 0 Å². The van der Waals surface area contributed by atoms with Crippen molar-refractivity contribution < 1.29 is 33.0 Å². The molecule has 0 bridgehead atoms. The van der Waals surface area contributed by atoms with Crippen molar-refractivity contribution in [1.29, 1.82) is 0 Å². The van der Waals surface area contributed by atoms with Crippen LogP contribution in [0.3, 0.4) is 0 Å². The van der Waals surface area contributed by atoms with Crippen LogP contribution in [-0.4, -0.2) is 50.6 Å². The van der Waals surface area contributed by atoms with E-state index in [1.807, 2.05) is 12.1 Å². The molecule has 26 heavy (non-hydrogen) atoms. The summed E-state index contributed by atoms with van der Waals surface area (Å²) in [7, 11) is 7.38. The standard InChI is InChI=1S/C15H21BNO7PS/c1-17-12-4-2-11(3-5-12)8-21-15(18)22-10-26-25(19,20)23-9-13-6-7-14(16)24-13/h2-5,13-14,17H,6-10H2,1H3,(H,19,20)/t13-,14+/m0/s1. The predicted molar refractivity (Wildman–Crippen MR) is 99.1 cm³/mol. The number of nitrogens with one attached hydrogen (secondary N) is 1. The van der Waals surface area contributed by atoms with Gasteiger partial charge >= 0.3 is 13.0 Å². The number of hydrogen-bond donors (Lipinski definition) is 2. The van der Waals surface area contributed by atoms with Crippen LogP contribution in [0.2, 0.25) is 0 Å². The van der Waals surface area contributed by atoms with E-state index < -0.39 is 13.0 Å². The van der Waals surface area contributed by atoms with Gasteiger partial charge in [-0.1, -0.05) is 12.1 Å². The second-order valence-corrected chi connectivity index (χ2v) is 9.36. The first-order valence-corrected chi connectivity index (χ1v) is 11.1. The van der Waals surface area contributed by atoms with Gasteiger partial charge in [-0.15, -0.1) is 0 Å². The Hall–Kier alpha value is -1.19. The molecule has 0 spiro atoms. The topological polar surface area (TPSA) is 103 Å². The van der Waals surface area contributed by atoms with Crippen molar-refractivity contribution in [1.82, 2.24) is 0 Å². The van der Waals surface area contributed by atoms with Crippen molar-refractivity contribution in [2.45, 2.75) is 31.6 Å². The number of rotatable bonds is 9. The lowest BCUT2D eigenvalue weighted by Crippen LogP contribution is -2.16. The third-order valence-electron chi connectivity index (χ3n) is 3.56. The Labute approximate surface area is 157 Å². The zero-order valence-corrected chi connectivity index (χ0v) is 16.0. The Bertz CT molecular complexity index is 633. The second kappa shape index (κ2) is 10.2. The van der Waals surface area contributed by atoms with Crippen LogP contribution in [0.1, 0.15) is 18.4 Å². The molecule has 1 unspecified atom stereocenters. The Morgan fingerprint density at radius 1 is 1.38 bits per heavy atom. The van der Waals surface area contributed by atoms with Gasteiger partial charge in [-0.25, -0.2) is 9.36 Å². The summed E-state index contributed by atoms with van der Waals surface area (Å²) in [5.41, 5.74) is 1.73. The lowest BCUT2D eigenvalue weighted by molar-refractivity contribution is 0.0491. The first-order valence-electron chi connectivity index (χ1n) is 7.97. The molecule has 2 radical (unpaired) electrons. The van der Waals surface area contributed by atoms with E-state index in [-0.39, 0.29) is 31.3 Å². The number of ether oxygens (including phenoxy) is 3. The van der Waals surface area contributed by atoms with Crippen LogP contribution in [0.5, 0.6) is 0 Å². The van der Waals surface area contributed by atoms with Gasteiger partial charge in [0, 0.05) is 30.1 Å². The molecule has 0 amide bonds. The Kier molecular flexibility index (Phi) is 8.31. The van der Waals surface area contributed by atoms with Crippen LogP contribution in [0.4, 0.5) is 10.5 Å². The van der Waals surface area contributed by atoms with Gasteiger partial charge in [0.15, 0.2) is 5.94 Å². The maximum atomic E-state index is 11.8. The minimum atomic E-state index is -3.95. The number of benzene rings is 1. The normalized spacial score (nSPS) is 21.8. The zero-order chi connectivity index (χ0) is 19.0. The Balaban J connectivity index is 1.61. The third-order valence-corrected chi connectivity index (χ3v) is 6.19. The number of anilines is 1. The van der Waals surface area contributed by atoms with Crippen molar-refractivity contribution in [2.75, 3.05) is 24.9 Å². The minimum Gasteiger partial charge on any atom is -0.429 e. The van der Waals surface area contributed by atoms with Crippen molar-refractivity contribution in [3.05, 3.63) is 29.8 Å². The summed E-state index contributed by atoms with van der Waals surface area (Å²) in [5.74, 6) is -0.365. The van der Waals surface area contributed by atoms with Crippen LogP contribution in [0.25, 0.3) is 0 Å². The number of carbonyl (C=O) groups is 1. The molecule has 0 saturated carbocycles. The first kappa shape index (κ1) is 21.1. The van der Waals surface area contributed by atoms with Crippen LogP contribution in [0, 0.1) is 0 Å². The van der Waals surface area contributed by atoms with E-state index in [9.17, 15) is 14.3 Å². The highest BCUT2D eigenvalue weighted by molar-refractivity contribution is 8.54. The molecule has 1 saturated heterocycles. The number of carbonyl (C=O) groups excluding carboxylic acids is 1. The molecule has 1 aliphatic heterocycles. The Morgan fingerprint density at radius 3 is 2.73 bits per heavy atom. The summed E-state index contributed by atoms with van der Waals surface area (Å²) in [4.78, 5) is 21.2. The smallest absolute Gasteiger partial charge is 0.429 e. The number of hydrogen-bond acceptors (Lipinski definition) is 8. The predicted octanol–water partition coefficient (Wildman–Crippen LogP) is 2.86. The van der Waals surface area contributed by atoms with Gasteiger partial charge < -0.3 is 24.4 Å². The summed E-state index contributed by atoms with van der Waals surface area (Å²) < 4.78 is 31.8. The molecule has 1 aromatic carbocycles. The monoisotopic (exact) mass is 401 g/mol. The minimum absolute atomic E-state index is 0.0401. The van der Waals surface area contributed by atoms with Crippen LogP contribution < -0.4 is 5.32 Å². The van der Waals surface area contributed by atoms with Crippen molar-refractivity contribution in [3.8, 4) is 0 Å². The molecule has 2 rings (SSSR count). The third kappa shape index (κ3) is 7.59. The maximum Gasteiger partial charge on any atom is 0.509 e. The zero-order valence-electron chi connectivity index (χ0n) is 14.3. The van der Waals surface area contributed by atoms with Crippen LogP contribution in [-0.2, 0) is 29.9 Å². The first-order chi connectivity index (χ1) is 12.4. The molecule has 1 aromatic rings. The fraction of sp³-hybridized carbons (Fsp3) is 0.533. The molecule has 0 aromatic heterocycles. The highest BCUT2D eigenvalue weighted by Gasteiger charge is 2.27. The summed E-state index contributed by atoms with van der Waals surface area (Å²) in [6.45, 7) is -3.95. The molecular formula is C15H21BNO7PS. The summed E-state index contributed by atoms with van der Waals surface area (Å²) in [6, 6.07) is 6.95. The molecule has 2 N–H and O–H groups in total. The molecule has 1 aliphatic rings. The largest absolute Gasteiger partial charge is 0.509 e. The quantitative estimate of drug-likeness (QED) is 0.280. The van der Waals surface area contributed by atoms with Crippen molar-refractivity contribution in [3.63, 3.8) is 0 Å². The van der Waals surface area contributed by atoms with Gasteiger partial charge in [-0.3, -0.25) is 4.52 Å². The molecule has 1 heterocycles. The van der Waals surface area contributed by atoms with E-state index in [0.717, 1.165) is 11.3 Å². The summed E-state index contributed by atoms with van der Waals surface area (Å²) >= 11 is 0.489. The van der Waals surface area contributed by atoms with Crippen molar-refractivity contribution >= 4 is 37.9 Å². The molecule has 11 heteroatoms. The fourth-order valence-corrected chi connectivity index (χ4v) is 3.84. The SMILES string of the molecule is [B][C@H]1CC[C@@H](COP(=O)(O)SCOC(=O)OCc2ccc(NC)cc2)O1. The van der Waals surface area contributed by atoms with E-state index in [4.69, 9.17) is 26.6 Å². The lowest BCUT2D eigenvalue weighted by atomic mass is 9.97. The highest BCUT2D eigenvalue weighted by atomic mass is 32.7. The molecular weight excluding hydrogens is 380 g/mol. The van der Waals surface area contributed by atoms with Gasteiger partial charge in [-0.05, 0) is 30.5 Å². The van der Waals surface area contributed by atoms with Gasteiger partial charge in [0.2, 0.25) is 0 Å². The highest BCUT2D eigenvalue weighted by Crippen LogP contribution is 2.55. The van der Waals surface area contributed by atoms with Gasteiger partial charge in [0.25, 0.3) is 0 Å². The fourth-order valence-electron chi connectivity index (χ4n) is 2.16. The summed E-state index contributed by atoms with van der Waals surface area (Å²) in [6.07, 6.45) is 0.125. The van der Waals surface area contributed by atoms with Gasteiger partial charge in [-0.2, -0.15) is 0 Å². The second-order valence-electron chi connectivity index (χ2n) is 5.52. The van der Waals surface area contributed by atoms with Gasteiger partial charge in [0.1, 0.15) is 14.5 Å². The molecule has 1 fully saturated rings. The lowest BCUT2D eigenvalue weighted by Gasteiger charge is -2.15. The van der Waals surface area contributed by atoms with E-state index >= 15 is 0 Å². The van der Waals surface area contributed by atoms with E-state index in [0.29, 0.717) is 24.2 Å². The van der Waals surface area contributed by atoms with Gasteiger partial charge in [0.05, 0.1) is 12.7 Å². The van der Waals surface area contributed by atoms with Crippen LogP contribution >= 0.6 is 18.2 Å². The van der Waals surface area contributed by atoms with E-state index in [2.05, 4.69) is 5.32 Å². The van der Waals surface area contributed by atoms with E-state index in [1.165, 1.54) is 0 Å². The molecule has 142 valence electrons. The average molecular weight is 401 g/mol. The van der Waals surface area contributed by atoms with Crippen LogP contribution in [0.15, 0.2) is 24.3 Å². The molecule has 3 atom stereocenters. The molecule has 8 nitrogen and oxygen atoms in total. The maximum absolute atomic E-state index is 11.8.